The molecule has 0 bridgehead atoms. The van der Waals surface area contributed by atoms with Gasteiger partial charge in [-0.1, -0.05) is 65.6 Å². The molecule has 72 valence electrons. The van der Waals surface area contributed by atoms with Crippen molar-refractivity contribution in [2.45, 2.75) is 38.8 Å². The van der Waals surface area contributed by atoms with Crippen molar-refractivity contribution in [1.82, 2.24) is 0 Å². The van der Waals surface area contributed by atoms with Gasteiger partial charge in [-0.15, -0.1) is 0 Å². The molecule has 2 atom stereocenters. The molecule has 0 saturated carbocycles. The third-order valence-corrected chi connectivity index (χ3v) is 3.63. The number of benzene rings is 1. The van der Waals surface area contributed by atoms with Crippen LogP contribution in [0.25, 0.3) is 0 Å². The van der Waals surface area contributed by atoms with Gasteiger partial charge in [-0.2, -0.15) is 0 Å². The van der Waals surface area contributed by atoms with Crippen LogP contribution >= 0.6 is 8.58 Å². The van der Waals surface area contributed by atoms with Crippen molar-refractivity contribution in [2.24, 2.45) is 0 Å². The first kappa shape index (κ1) is 10.7. The second-order valence-corrected chi connectivity index (χ2v) is 5.41. The Labute approximate surface area is 83.5 Å². The minimum atomic E-state index is 0.863. The Morgan fingerprint density at radius 2 is 1.92 bits per heavy atom. The normalized spacial score (nSPS) is 13.7. The van der Waals surface area contributed by atoms with Gasteiger partial charge in [0.05, 0.1) is 0 Å². The number of rotatable bonds is 5. The van der Waals surface area contributed by atoms with Crippen molar-refractivity contribution in [3.8, 4) is 0 Å². The van der Waals surface area contributed by atoms with E-state index in [0.29, 0.717) is 0 Å². The van der Waals surface area contributed by atoms with Gasteiger partial charge in [0.25, 0.3) is 0 Å². The molecule has 0 aromatic heterocycles. The molecule has 1 aromatic rings. The van der Waals surface area contributed by atoms with E-state index in [-0.39, 0.29) is 0 Å². The molecular formula is C12H19P. The molecule has 0 aliphatic rings. The monoisotopic (exact) mass is 194 g/mol. The van der Waals surface area contributed by atoms with Crippen LogP contribution in [0.5, 0.6) is 0 Å². The zero-order valence-electron chi connectivity index (χ0n) is 8.59. The number of unbranched alkanes of at least 4 members (excludes halogenated alkanes) is 1. The summed E-state index contributed by atoms with van der Waals surface area (Å²) in [5, 5.41) is 1.51. The summed E-state index contributed by atoms with van der Waals surface area (Å²) in [6.45, 7) is 4.62. The van der Waals surface area contributed by atoms with Crippen LogP contribution in [0.3, 0.4) is 0 Å². The Balaban J connectivity index is 2.32. The molecule has 0 aliphatic heterocycles. The zero-order valence-corrected chi connectivity index (χ0v) is 9.59. The smallest absolute Gasteiger partial charge is 0.0225 e. The zero-order chi connectivity index (χ0) is 9.52. The van der Waals surface area contributed by atoms with Crippen LogP contribution in [0, 0.1) is 0 Å². The molecule has 0 spiro atoms. The van der Waals surface area contributed by atoms with E-state index < -0.39 is 0 Å². The van der Waals surface area contributed by atoms with Gasteiger partial charge in [-0.25, -0.2) is 0 Å². The van der Waals surface area contributed by atoms with Gasteiger partial charge in [-0.05, 0) is 17.4 Å². The summed E-state index contributed by atoms with van der Waals surface area (Å²) in [5.74, 6) is 0. The average molecular weight is 194 g/mol. The Hall–Kier alpha value is -0.350. The van der Waals surface area contributed by atoms with Gasteiger partial charge in [0.2, 0.25) is 0 Å². The second kappa shape index (κ2) is 6.16. The summed E-state index contributed by atoms with van der Waals surface area (Å²) in [5.41, 5.74) is 0.863. The van der Waals surface area contributed by atoms with Crippen molar-refractivity contribution in [3.63, 3.8) is 0 Å². The van der Waals surface area contributed by atoms with E-state index >= 15 is 0 Å². The maximum atomic E-state index is 2.36. The molecule has 1 aromatic carbocycles. The Bertz CT molecular complexity index is 218. The van der Waals surface area contributed by atoms with Crippen LogP contribution in [0.4, 0.5) is 0 Å². The maximum absolute atomic E-state index is 2.36. The van der Waals surface area contributed by atoms with E-state index in [9.17, 15) is 0 Å². The molecule has 0 nitrogen and oxygen atoms in total. The Morgan fingerprint density at radius 1 is 1.23 bits per heavy atom. The van der Waals surface area contributed by atoms with Gasteiger partial charge in [0, 0.05) is 0 Å². The SMILES string of the molecule is CCCCC(C)Pc1ccccc1. The third kappa shape index (κ3) is 4.43. The van der Waals surface area contributed by atoms with E-state index in [1.165, 1.54) is 24.6 Å². The van der Waals surface area contributed by atoms with Gasteiger partial charge < -0.3 is 0 Å². The lowest BCUT2D eigenvalue weighted by molar-refractivity contribution is 0.711. The van der Waals surface area contributed by atoms with Gasteiger partial charge in [0.15, 0.2) is 0 Å². The van der Waals surface area contributed by atoms with Crippen molar-refractivity contribution < 1.29 is 0 Å². The predicted octanol–water partition coefficient (Wildman–Crippen LogP) is 3.57. The standard InChI is InChI=1S/C12H19P/c1-3-4-8-11(2)13-12-9-6-5-7-10-12/h5-7,9-11,13H,3-4,8H2,1-2H3. The minimum Gasteiger partial charge on any atom is -0.0875 e. The summed E-state index contributed by atoms with van der Waals surface area (Å²) in [6.07, 6.45) is 4.08. The molecular weight excluding hydrogens is 175 g/mol. The molecule has 0 aliphatic carbocycles. The summed E-state index contributed by atoms with van der Waals surface area (Å²) in [4.78, 5) is 0. The van der Waals surface area contributed by atoms with Gasteiger partial charge >= 0.3 is 0 Å². The summed E-state index contributed by atoms with van der Waals surface area (Å²) < 4.78 is 0. The number of hydrogen-bond donors (Lipinski definition) is 0. The second-order valence-electron chi connectivity index (χ2n) is 3.55. The van der Waals surface area contributed by atoms with Crippen molar-refractivity contribution >= 4 is 13.9 Å². The third-order valence-electron chi connectivity index (χ3n) is 2.18. The molecule has 0 radical (unpaired) electrons. The fourth-order valence-electron chi connectivity index (χ4n) is 1.40. The highest BCUT2D eigenvalue weighted by Crippen LogP contribution is 2.22. The quantitative estimate of drug-likeness (QED) is 0.628. The molecule has 1 rings (SSSR count). The summed E-state index contributed by atoms with van der Waals surface area (Å²) >= 11 is 0. The molecule has 1 heteroatoms. The Kier molecular flexibility index (Phi) is 5.08. The molecule has 0 amide bonds. The van der Waals surface area contributed by atoms with Crippen molar-refractivity contribution in [2.75, 3.05) is 0 Å². The van der Waals surface area contributed by atoms with Crippen LogP contribution in [0.1, 0.15) is 33.1 Å². The van der Waals surface area contributed by atoms with E-state index in [4.69, 9.17) is 0 Å². The topological polar surface area (TPSA) is 0 Å². The van der Waals surface area contributed by atoms with Crippen LogP contribution < -0.4 is 5.30 Å². The first-order chi connectivity index (χ1) is 6.33. The van der Waals surface area contributed by atoms with Crippen molar-refractivity contribution in [3.05, 3.63) is 30.3 Å². The molecule has 2 unspecified atom stereocenters. The Morgan fingerprint density at radius 3 is 2.54 bits per heavy atom. The van der Waals surface area contributed by atoms with Gasteiger partial charge in [-0.3, -0.25) is 0 Å². The maximum Gasteiger partial charge on any atom is -0.0225 e. The fraction of sp³-hybridized carbons (Fsp3) is 0.500. The number of hydrogen-bond acceptors (Lipinski definition) is 0. The van der Waals surface area contributed by atoms with Crippen LogP contribution in [-0.2, 0) is 0 Å². The minimum absolute atomic E-state index is 0.863. The highest BCUT2D eigenvalue weighted by atomic mass is 31.1. The lowest BCUT2D eigenvalue weighted by Gasteiger charge is -2.10. The largest absolute Gasteiger partial charge is 0.0875 e. The molecule has 0 fully saturated rings. The van der Waals surface area contributed by atoms with Crippen LogP contribution in [0.15, 0.2) is 30.3 Å². The average Bonchev–Trinajstić information content (AvgIpc) is 2.16. The lowest BCUT2D eigenvalue weighted by atomic mass is 10.2. The highest BCUT2D eigenvalue weighted by Gasteiger charge is 2.01. The van der Waals surface area contributed by atoms with Crippen LogP contribution in [0.2, 0.25) is 0 Å². The van der Waals surface area contributed by atoms with E-state index in [1.54, 1.807) is 0 Å². The van der Waals surface area contributed by atoms with E-state index in [1.807, 2.05) is 0 Å². The van der Waals surface area contributed by atoms with E-state index in [0.717, 1.165) is 14.2 Å². The first-order valence-corrected chi connectivity index (χ1v) is 6.22. The van der Waals surface area contributed by atoms with E-state index in [2.05, 4.69) is 44.2 Å². The fourth-order valence-corrected chi connectivity index (χ4v) is 2.70. The highest BCUT2D eigenvalue weighted by molar-refractivity contribution is 7.47. The lowest BCUT2D eigenvalue weighted by Crippen LogP contribution is -2.01. The predicted molar refractivity (Wildman–Crippen MR) is 63.4 cm³/mol. The summed E-state index contributed by atoms with van der Waals surface area (Å²) in [6, 6.07) is 10.8. The van der Waals surface area contributed by atoms with Crippen LogP contribution in [-0.4, -0.2) is 5.66 Å². The molecule has 13 heavy (non-hydrogen) atoms. The summed E-state index contributed by atoms with van der Waals surface area (Å²) in [7, 11) is 0.988. The molecule has 0 N–H and O–H groups in total. The molecule has 0 heterocycles. The molecule has 0 saturated heterocycles. The van der Waals surface area contributed by atoms with Crippen molar-refractivity contribution in [1.29, 1.82) is 0 Å². The first-order valence-electron chi connectivity index (χ1n) is 5.14. The van der Waals surface area contributed by atoms with Gasteiger partial charge in [0.1, 0.15) is 0 Å².